The highest BCUT2D eigenvalue weighted by Crippen LogP contribution is 2.29. The van der Waals surface area contributed by atoms with Crippen LogP contribution in [0.4, 0.5) is 10.1 Å². The van der Waals surface area contributed by atoms with E-state index in [0.717, 1.165) is 12.1 Å². The van der Waals surface area contributed by atoms with Crippen LogP contribution in [0.2, 0.25) is 0 Å². The number of anilines is 1. The summed E-state index contributed by atoms with van der Waals surface area (Å²) in [5.74, 6) is -0.694. The van der Waals surface area contributed by atoms with Crippen molar-refractivity contribution in [1.29, 1.82) is 0 Å². The average molecular weight is 439 g/mol. The molecule has 0 amide bonds. The first-order valence-electron chi connectivity index (χ1n) is 5.70. The molecule has 0 fully saturated rings. The first-order valence-corrected chi connectivity index (χ1v) is 8.77. The number of aliphatic hydroxyl groups is 1. The van der Waals surface area contributed by atoms with E-state index < -0.39 is 22.4 Å². The van der Waals surface area contributed by atoms with E-state index in [1.807, 2.05) is 0 Å². The van der Waals surface area contributed by atoms with Crippen LogP contribution in [0.5, 0.6) is 0 Å². The van der Waals surface area contributed by atoms with Gasteiger partial charge in [-0.2, -0.15) is 0 Å². The Morgan fingerprint density at radius 2 is 1.86 bits per heavy atom. The van der Waals surface area contributed by atoms with Crippen molar-refractivity contribution in [1.82, 2.24) is 0 Å². The predicted molar refractivity (Wildman–Crippen MR) is 85.0 cm³/mol. The lowest BCUT2D eigenvalue weighted by Gasteiger charge is -2.12. The molecule has 0 radical (unpaired) electrons. The molecule has 2 rings (SSSR count). The molecule has 0 saturated carbocycles. The lowest BCUT2D eigenvalue weighted by molar-refractivity contribution is 0.278. The molecule has 4 nitrogen and oxygen atoms in total. The maximum Gasteiger partial charge on any atom is 0.262 e. The van der Waals surface area contributed by atoms with Crippen molar-refractivity contribution < 1.29 is 17.9 Å². The molecule has 21 heavy (non-hydrogen) atoms. The predicted octanol–water partition coefficient (Wildman–Crippen LogP) is 3.64. The normalized spacial score (nSPS) is 11.4. The smallest absolute Gasteiger partial charge is 0.262 e. The van der Waals surface area contributed by atoms with Gasteiger partial charge in [0.25, 0.3) is 10.0 Å². The summed E-state index contributed by atoms with van der Waals surface area (Å²) in [5.41, 5.74) is 0.424. The molecule has 0 spiro atoms. The summed E-state index contributed by atoms with van der Waals surface area (Å²) in [5, 5.41) is 9.21. The van der Waals surface area contributed by atoms with Gasteiger partial charge >= 0.3 is 0 Å². The number of sulfonamides is 1. The Bertz CT molecular complexity index is 781. The molecule has 0 aliphatic rings. The van der Waals surface area contributed by atoms with Crippen LogP contribution in [0.25, 0.3) is 0 Å². The van der Waals surface area contributed by atoms with Crippen molar-refractivity contribution in [3.05, 3.63) is 56.7 Å². The van der Waals surface area contributed by atoms with Gasteiger partial charge in [0.05, 0.1) is 17.2 Å². The fourth-order valence-electron chi connectivity index (χ4n) is 1.68. The van der Waals surface area contributed by atoms with E-state index in [1.165, 1.54) is 6.07 Å². The molecule has 8 heteroatoms. The summed E-state index contributed by atoms with van der Waals surface area (Å²) < 4.78 is 41.6. The monoisotopic (exact) mass is 437 g/mol. The van der Waals surface area contributed by atoms with Crippen LogP contribution in [0, 0.1) is 5.82 Å². The average Bonchev–Trinajstić information content (AvgIpc) is 2.42. The summed E-state index contributed by atoms with van der Waals surface area (Å²) in [4.78, 5) is -0.295. The van der Waals surface area contributed by atoms with Gasteiger partial charge in [-0.25, -0.2) is 12.8 Å². The highest BCUT2D eigenvalue weighted by atomic mass is 79.9. The molecule has 0 aromatic heterocycles. The van der Waals surface area contributed by atoms with Crippen LogP contribution >= 0.6 is 31.9 Å². The molecular weight excluding hydrogens is 429 g/mol. The minimum absolute atomic E-state index is 0.120. The van der Waals surface area contributed by atoms with E-state index in [9.17, 15) is 17.9 Å². The topological polar surface area (TPSA) is 66.4 Å². The molecule has 0 atom stereocenters. The second-order valence-corrected chi connectivity index (χ2v) is 7.56. The Morgan fingerprint density at radius 3 is 2.52 bits per heavy atom. The van der Waals surface area contributed by atoms with E-state index in [0.29, 0.717) is 14.6 Å². The van der Waals surface area contributed by atoms with Crippen molar-refractivity contribution in [3.63, 3.8) is 0 Å². The van der Waals surface area contributed by atoms with Crippen LogP contribution in [0.1, 0.15) is 5.56 Å². The molecule has 0 bridgehead atoms. The van der Waals surface area contributed by atoms with Gasteiger partial charge in [-0.15, -0.1) is 0 Å². The molecule has 0 aliphatic carbocycles. The number of aliphatic hydroxyl groups excluding tert-OH is 1. The minimum atomic E-state index is -4.02. The number of rotatable bonds is 4. The molecule has 0 saturated heterocycles. The van der Waals surface area contributed by atoms with Crippen LogP contribution < -0.4 is 4.72 Å². The second-order valence-electron chi connectivity index (χ2n) is 4.14. The molecular formula is C13H10Br2FNO3S. The van der Waals surface area contributed by atoms with Gasteiger partial charge in [0.2, 0.25) is 0 Å². The second kappa shape index (κ2) is 6.43. The molecule has 0 unspecified atom stereocenters. The maximum atomic E-state index is 13.3. The highest BCUT2D eigenvalue weighted by Gasteiger charge is 2.20. The minimum Gasteiger partial charge on any atom is -0.392 e. The van der Waals surface area contributed by atoms with E-state index in [-0.39, 0.29) is 10.5 Å². The molecule has 2 aromatic rings. The van der Waals surface area contributed by atoms with Gasteiger partial charge in [0, 0.05) is 8.95 Å². The van der Waals surface area contributed by atoms with E-state index in [2.05, 4.69) is 36.6 Å². The van der Waals surface area contributed by atoms with Crippen molar-refractivity contribution in [3.8, 4) is 0 Å². The quantitative estimate of drug-likeness (QED) is 0.765. The van der Waals surface area contributed by atoms with Crippen molar-refractivity contribution in [2.45, 2.75) is 11.5 Å². The first-order chi connectivity index (χ1) is 9.83. The Labute approximate surface area is 138 Å². The summed E-state index contributed by atoms with van der Waals surface area (Å²) in [6.45, 7) is -0.504. The third kappa shape index (κ3) is 3.82. The standard InChI is InChI=1S/C13H10Br2FNO3S/c14-9-2-4-11(15)12(5-9)17-21(19,20)13-6-10(16)3-1-8(13)7-18/h1-6,17-18H,7H2. The van der Waals surface area contributed by atoms with E-state index in [1.54, 1.807) is 18.2 Å². The van der Waals surface area contributed by atoms with Gasteiger partial charge < -0.3 is 5.11 Å². The van der Waals surface area contributed by atoms with Gasteiger partial charge in [0.1, 0.15) is 5.82 Å². The maximum absolute atomic E-state index is 13.3. The van der Waals surface area contributed by atoms with Gasteiger partial charge in [0.15, 0.2) is 0 Å². The Morgan fingerprint density at radius 1 is 1.14 bits per heavy atom. The summed E-state index contributed by atoms with van der Waals surface area (Å²) in [7, 11) is -4.02. The van der Waals surface area contributed by atoms with E-state index in [4.69, 9.17) is 0 Å². The molecule has 2 N–H and O–H groups in total. The molecule has 112 valence electrons. The summed E-state index contributed by atoms with van der Waals surface area (Å²) >= 11 is 6.48. The fourth-order valence-corrected chi connectivity index (χ4v) is 3.84. The number of hydrogen-bond donors (Lipinski definition) is 2. The molecule has 0 heterocycles. The van der Waals surface area contributed by atoms with Gasteiger partial charge in [-0.3, -0.25) is 4.72 Å². The third-order valence-electron chi connectivity index (χ3n) is 2.66. The van der Waals surface area contributed by atoms with Gasteiger partial charge in [-0.1, -0.05) is 22.0 Å². The van der Waals surface area contributed by atoms with Crippen LogP contribution in [0.3, 0.4) is 0 Å². The first kappa shape index (κ1) is 16.4. The van der Waals surface area contributed by atoms with Gasteiger partial charge in [-0.05, 0) is 51.8 Å². The zero-order valence-corrected chi connectivity index (χ0v) is 14.5. The highest BCUT2D eigenvalue weighted by molar-refractivity contribution is 9.11. The molecule has 2 aromatic carbocycles. The van der Waals surface area contributed by atoms with Crippen molar-refractivity contribution >= 4 is 47.6 Å². The summed E-state index contributed by atoms with van der Waals surface area (Å²) in [6, 6.07) is 8.18. The largest absolute Gasteiger partial charge is 0.392 e. The zero-order chi connectivity index (χ0) is 15.6. The van der Waals surface area contributed by atoms with E-state index >= 15 is 0 Å². The third-order valence-corrected chi connectivity index (χ3v) is 5.29. The summed E-state index contributed by atoms with van der Waals surface area (Å²) in [6.07, 6.45) is 0. The zero-order valence-electron chi connectivity index (χ0n) is 10.5. The Kier molecular flexibility index (Phi) is 5.03. The lowest BCUT2D eigenvalue weighted by Crippen LogP contribution is -2.15. The molecule has 0 aliphatic heterocycles. The van der Waals surface area contributed by atoms with Crippen LogP contribution in [-0.4, -0.2) is 13.5 Å². The van der Waals surface area contributed by atoms with Crippen molar-refractivity contribution in [2.24, 2.45) is 0 Å². The number of nitrogens with one attached hydrogen (secondary N) is 1. The SMILES string of the molecule is O=S(=O)(Nc1cc(Br)ccc1Br)c1cc(F)ccc1CO. The van der Waals surface area contributed by atoms with Crippen molar-refractivity contribution in [2.75, 3.05) is 4.72 Å². The lowest BCUT2D eigenvalue weighted by atomic mass is 10.2. The fraction of sp³-hybridized carbons (Fsp3) is 0.0769. The number of benzene rings is 2. The van der Waals surface area contributed by atoms with Crippen LogP contribution in [-0.2, 0) is 16.6 Å². The Balaban J connectivity index is 2.48. The Hall–Kier alpha value is -0.960. The number of halogens is 3. The number of hydrogen-bond acceptors (Lipinski definition) is 3. The van der Waals surface area contributed by atoms with Crippen LogP contribution in [0.15, 0.2) is 50.2 Å².